The molecule has 18 heavy (non-hydrogen) atoms. The second-order valence-corrected chi connectivity index (χ2v) is 4.95. The maximum Gasteiger partial charge on any atom is 0.227 e. The molecule has 0 radical (unpaired) electrons. The first-order chi connectivity index (χ1) is 8.57. The van der Waals surface area contributed by atoms with E-state index in [-0.39, 0.29) is 11.8 Å². The lowest BCUT2D eigenvalue weighted by Crippen LogP contribution is -2.62. The summed E-state index contributed by atoms with van der Waals surface area (Å²) in [6.45, 7) is 2.98. The van der Waals surface area contributed by atoms with Crippen LogP contribution in [0.25, 0.3) is 0 Å². The Morgan fingerprint density at radius 2 is 2.06 bits per heavy atom. The Morgan fingerprint density at radius 1 is 1.44 bits per heavy atom. The third-order valence-corrected chi connectivity index (χ3v) is 3.37. The Bertz CT molecular complexity index is 412. The minimum absolute atomic E-state index is 0.0393. The molecule has 1 aliphatic heterocycles. The number of benzene rings is 1. The fraction of sp³-hybridized carbons (Fsp3) is 0.500. The maximum atomic E-state index is 12.0. The second-order valence-electron chi connectivity index (χ2n) is 4.95. The molecular weight excluding hydrogens is 230 g/mol. The van der Waals surface area contributed by atoms with E-state index >= 15 is 0 Å². The minimum atomic E-state index is -0.885. The summed E-state index contributed by atoms with van der Waals surface area (Å²) in [6.07, 6.45) is 0. The number of ether oxygens (including phenoxy) is 1. The highest BCUT2D eigenvalue weighted by atomic mass is 16.5. The molecule has 1 fully saturated rings. The van der Waals surface area contributed by atoms with Gasteiger partial charge in [-0.25, -0.2) is 0 Å². The van der Waals surface area contributed by atoms with Crippen molar-refractivity contribution in [2.45, 2.75) is 12.5 Å². The fourth-order valence-corrected chi connectivity index (χ4v) is 2.30. The Balaban J connectivity index is 1.96. The molecule has 4 nitrogen and oxygen atoms in total. The summed E-state index contributed by atoms with van der Waals surface area (Å²) in [5, 5.41) is 10.4. The highest BCUT2D eigenvalue weighted by molar-refractivity contribution is 5.79. The molecule has 1 atom stereocenters. The molecule has 0 aliphatic carbocycles. The van der Waals surface area contributed by atoms with E-state index in [1.807, 2.05) is 37.3 Å². The second kappa shape index (κ2) is 5.08. The zero-order valence-corrected chi connectivity index (χ0v) is 10.8. The molecule has 1 amide bonds. The van der Waals surface area contributed by atoms with Crippen LogP contribution in [0, 0.1) is 5.92 Å². The first kappa shape index (κ1) is 13.1. The lowest BCUT2D eigenvalue weighted by molar-refractivity contribution is -0.162. The van der Waals surface area contributed by atoms with Gasteiger partial charge in [-0.15, -0.1) is 0 Å². The molecule has 0 spiro atoms. The molecule has 1 aromatic rings. The molecule has 1 aromatic carbocycles. The fourth-order valence-electron chi connectivity index (χ4n) is 2.30. The Kier molecular flexibility index (Phi) is 3.68. The molecular formula is C14H19NO3. The van der Waals surface area contributed by atoms with Crippen molar-refractivity contribution in [2.75, 3.05) is 26.8 Å². The van der Waals surface area contributed by atoms with Gasteiger partial charge in [0.1, 0.15) is 5.60 Å². The first-order valence-corrected chi connectivity index (χ1v) is 6.12. The SMILES string of the molecule is COCC(C)C(=O)N1CC(O)(c2ccccc2)C1. The van der Waals surface area contributed by atoms with Crippen molar-refractivity contribution in [3.63, 3.8) is 0 Å². The standard InChI is InChI=1S/C14H19NO3/c1-11(8-18-2)13(16)15-9-14(17,10-15)12-6-4-3-5-7-12/h3-7,11,17H,8-10H2,1-2H3. The summed E-state index contributed by atoms with van der Waals surface area (Å²) in [4.78, 5) is 13.6. The number of amides is 1. The van der Waals surface area contributed by atoms with Crippen molar-refractivity contribution < 1.29 is 14.6 Å². The third-order valence-electron chi connectivity index (χ3n) is 3.37. The number of carbonyl (C=O) groups is 1. The van der Waals surface area contributed by atoms with E-state index in [0.717, 1.165) is 5.56 Å². The molecule has 1 heterocycles. The minimum Gasteiger partial charge on any atom is -0.384 e. The molecule has 2 rings (SSSR count). The van der Waals surface area contributed by atoms with E-state index in [0.29, 0.717) is 19.7 Å². The third kappa shape index (κ3) is 2.40. The number of likely N-dealkylation sites (tertiary alicyclic amines) is 1. The monoisotopic (exact) mass is 249 g/mol. The normalized spacial score (nSPS) is 19.2. The van der Waals surface area contributed by atoms with E-state index in [9.17, 15) is 9.90 Å². The van der Waals surface area contributed by atoms with Gasteiger partial charge in [0.05, 0.1) is 25.6 Å². The molecule has 1 saturated heterocycles. The zero-order chi connectivity index (χ0) is 13.2. The van der Waals surface area contributed by atoms with Crippen molar-refractivity contribution in [3.8, 4) is 0 Å². The molecule has 1 aliphatic rings. The summed E-state index contributed by atoms with van der Waals surface area (Å²) in [5.41, 5.74) is -0.0163. The zero-order valence-electron chi connectivity index (χ0n) is 10.8. The van der Waals surface area contributed by atoms with Crippen molar-refractivity contribution >= 4 is 5.91 Å². The van der Waals surface area contributed by atoms with Gasteiger partial charge in [0.15, 0.2) is 0 Å². The Morgan fingerprint density at radius 3 is 2.61 bits per heavy atom. The van der Waals surface area contributed by atoms with E-state index in [2.05, 4.69) is 0 Å². The summed E-state index contributed by atoms with van der Waals surface area (Å²) >= 11 is 0. The van der Waals surface area contributed by atoms with Gasteiger partial charge in [-0.3, -0.25) is 4.79 Å². The number of hydrogen-bond acceptors (Lipinski definition) is 3. The topological polar surface area (TPSA) is 49.8 Å². The smallest absolute Gasteiger partial charge is 0.227 e. The Labute approximate surface area is 107 Å². The van der Waals surface area contributed by atoms with E-state index in [1.165, 1.54) is 0 Å². The van der Waals surface area contributed by atoms with Gasteiger partial charge in [-0.2, -0.15) is 0 Å². The maximum absolute atomic E-state index is 12.0. The number of nitrogens with zero attached hydrogens (tertiary/aromatic N) is 1. The summed E-state index contributed by atoms with van der Waals surface area (Å²) < 4.78 is 4.97. The summed E-state index contributed by atoms with van der Waals surface area (Å²) in [7, 11) is 1.58. The lowest BCUT2D eigenvalue weighted by Gasteiger charge is -2.47. The van der Waals surface area contributed by atoms with Gasteiger partial charge in [0, 0.05) is 7.11 Å². The van der Waals surface area contributed by atoms with Crippen LogP contribution in [-0.2, 0) is 15.1 Å². The summed E-state index contributed by atoms with van der Waals surface area (Å²) in [5.74, 6) is -0.118. The number of carbonyl (C=O) groups excluding carboxylic acids is 1. The summed E-state index contributed by atoms with van der Waals surface area (Å²) in [6, 6.07) is 9.48. The van der Waals surface area contributed by atoms with Crippen molar-refractivity contribution in [1.29, 1.82) is 0 Å². The van der Waals surface area contributed by atoms with Crippen LogP contribution in [0.15, 0.2) is 30.3 Å². The average molecular weight is 249 g/mol. The predicted octanol–water partition coefficient (Wildman–Crippen LogP) is 0.999. The van der Waals surface area contributed by atoms with Gasteiger partial charge >= 0.3 is 0 Å². The first-order valence-electron chi connectivity index (χ1n) is 6.12. The van der Waals surface area contributed by atoms with E-state index < -0.39 is 5.60 Å². The number of methoxy groups -OCH3 is 1. The molecule has 0 aromatic heterocycles. The van der Waals surface area contributed by atoms with Gasteiger partial charge in [0.2, 0.25) is 5.91 Å². The number of hydrogen-bond donors (Lipinski definition) is 1. The van der Waals surface area contributed by atoms with Crippen LogP contribution in [0.2, 0.25) is 0 Å². The quantitative estimate of drug-likeness (QED) is 0.866. The number of aliphatic hydroxyl groups is 1. The predicted molar refractivity (Wildman–Crippen MR) is 68.0 cm³/mol. The van der Waals surface area contributed by atoms with Crippen LogP contribution >= 0.6 is 0 Å². The molecule has 1 unspecified atom stereocenters. The molecule has 1 N–H and O–H groups in total. The highest BCUT2D eigenvalue weighted by Gasteiger charge is 2.45. The van der Waals surface area contributed by atoms with Crippen LogP contribution < -0.4 is 0 Å². The van der Waals surface area contributed by atoms with Crippen LogP contribution in [0.1, 0.15) is 12.5 Å². The van der Waals surface area contributed by atoms with Gasteiger partial charge in [-0.05, 0) is 5.56 Å². The van der Waals surface area contributed by atoms with Crippen LogP contribution in [-0.4, -0.2) is 42.7 Å². The van der Waals surface area contributed by atoms with E-state index in [4.69, 9.17) is 4.74 Å². The van der Waals surface area contributed by atoms with Crippen molar-refractivity contribution in [2.24, 2.45) is 5.92 Å². The number of rotatable bonds is 4. The van der Waals surface area contributed by atoms with E-state index in [1.54, 1.807) is 12.0 Å². The van der Waals surface area contributed by atoms with Gasteiger partial charge < -0.3 is 14.7 Å². The average Bonchev–Trinajstić information content (AvgIpc) is 2.35. The molecule has 4 heteroatoms. The number of β-amino-alcohol motifs (C(OH)–C–C–N with tert-alkyl or cyclic N) is 1. The molecule has 98 valence electrons. The van der Waals surface area contributed by atoms with Crippen LogP contribution in [0.4, 0.5) is 0 Å². The largest absolute Gasteiger partial charge is 0.384 e. The Hall–Kier alpha value is -1.39. The van der Waals surface area contributed by atoms with Crippen LogP contribution in [0.3, 0.4) is 0 Å². The lowest BCUT2D eigenvalue weighted by atomic mass is 9.85. The molecule has 0 bridgehead atoms. The van der Waals surface area contributed by atoms with Gasteiger partial charge in [-0.1, -0.05) is 37.3 Å². The van der Waals surface area contributed by atoms with Gasteiger partial charge in [0.25, 0.3) is 0 Å². The molecule has 0 saturated carbocycles. The van der Waals surface area contributed by atoms with Crippen molar-refractivity contribution in [3.05, 3.63) is 35.9 Å². The highest BCUT2D eigenvalue weighted by Crippen LogP contribution is 2.32. The van der Waals surface area contributed by atoms with Crippen molar-refractivity contribution in [1.82, 2.24) is 4.90 Å². The van der Waals surface area contributed by atoms with Crippen LogP contribution in [0.5, 0.6) is 0 Å².